The summed E-state index contributed by atoms with van der Waals surface area (Å²) in [6, 6.07) is 5.43. The third-order valence-electron chi connectivity index (χ3n) is 3.79. The van der Waals surface area contributed by atoms with Crippen LogP contribution in [0.5, 0.6) is 0 Å². The smallest absolute Gasteiger partial charge is 0.225 e. The highest BCUT2D eigenvalue weighted by molar-refractivity contribution is 7.92. The number of hydrogen-bond acceptors (Lipinski definition) is 4. The lowest BCUT2D eigenvalue weighted by molar-refractivity contribution is 0.334. The minimum absolute atomic E-state index is 0.0615. The van der Waals surface area contributed by atoms with E-state index in [9.17, 15) is 16.8 Å². The molecule has 0 aromatic heterocycles. The molecule has 0 saturated heterocycles. The Bertz CT molecular complexity index is 707. The Hall–Kier alpha value is -0.960. The van der Waals surface area contributed by atoms with Crippen molar-refractivity contribution in [3.63, 3.8) is 0 Å². The van der Waals surface area contributed by atoms with Crippen LogP contribution in [0.4, 0.5) is 0 Å². The van der Waals surface area contributed by atoms with Gasteiger partial charge >= 0.3 is 0 Å². The van der Waals surface area contributed by atoms with E-state index in [1.165, 1.54) is 28.6 Å². The number of rotatable bonds is 5. The van der Waals surface area contributed by atoms with Gasteiger partial charge in [-0.1, -0.05) is 31.9 Å². The van der Waals surface area contributed by atoms with Gasteiger partial charge in [0.15, 0.2) is 0 Å². The summed E-state index contributed by atoms with van der Waals surface area (Å²) in [5.41, 5.74) is 0. The van der Waals surface area contributed by atoms with Crippen LogP contribution < -0.4 is 5.14 Å². The van der Waals surface area contributed by atoms with Crippen molar-refractivity contribution in [1.82, 2.24) is 4.31 Å². The molecule has 1 aromatic carbocycles. The zero-order chi connectivity index (χ0) is 15.7. The molecule has 0 bridgehead atoms. The average molecular weight is 332 g/mol. The van der Waals surface area contributed by atoms with Gasteiger partial charge in [0.2, 0.25) is 20.0 Å². The molecule has 0 amide bonds. The Morgan fingerprint density at radius 1 is 1.10 bits per heavy atom. The average Bonchev–Trinajstić information content (AvgIpc) is 2.92. The molecular formula is C13H20N2O4S2. The molecular weight excluding hydrogens is 312 g/mol. The van der Waals surface area contributed by atoms with Gasteiger partial charge in [-0.25, -0.2) is 22.0 Å². The number of primary sulfonamides is 1. The fourth-order valence-corrected chi connectivity index (χ4v) is 5.89. The Morgan fingerprint density at radius 3 is 2.10 bits per heavy atom. The lowest BCUT2D eigenvalue weighted by Crippen LogP contribution is -2.39. The van der Waals surface area contributed by atoms with Crippen molar-refractivity contribution in [1.29, 1.82) is 0 Å². The van der Waals surface area contributed by atoms with Gasteiger partial charge < -0.3 is 0 Å². The summed E-state index contributed by atoms with van der Waals surface area (Å²) >= 11 is 0. The molecule has 0 unspecified atom stereocenters. The lowest BCUT2D eigenvalue weighted by atomic mass is 10.2. The molecule has 0 atom stereocenters. The summed E-state index contributed by atoms with van der Waals surface area (Å²) in [6.45, 7) is 2.07. The van der Waals surface area contributed by atoms with Gasteiger partial charge in [0, 0.05) is 12.6 Å². The summed E-state index contributed by atoms with van der Waals surface area (Å²) in [6.07, 6.45) is 3.61. The first kappa shape index (κ1) is 16.4. The molecule has 2 N–H and O–H groups in total. The highest BCUT2D eigenvalue weighted by Gasteiger charge is 2.34. The van der Waals surface area contributed by atoms with E-state index in [4.69, 9.17) is 5.14 Å². The van der Waals surface area contributed by atoms with Gasteiger partial charge in [0.1, 0.15) is 9.79 Å². The Balaban J connectivity index is 2.53. The minimum Gasteiger partial charge on any atom is -0.225 e. The molecule has 118 valence electrons. The zero-order valence-corrected chi connectivity index (χ0v) is 13.5. The third-order valence-corrected chi connectivity index (χ3v) is 6.97. The van der Waals surface area contributed by atoms with E-state index in [0.717, 1.165) is 25.7 Å². The van der Waals surface area contributed by atoms with Crippen molar-refractivity contribution >= 4 is 20.0 Å². The normalized spacial score (nSPS) is 17.5. The quantitative estimate of drug-likeness (QED) is 0.878. The van der Waals surface area contributed by atoms with Crippen LogP contribution in [0.25, 0.3) is 0 Å². The first-order chi connectivity index (χ1) is 9.78. The molecule has 2 rings (SSSR count). The highest BCUT2D eigenvalue weighted by atomic mass is 32.2. The number of hydrogen-bond donors (Lipinski definition) is 1. The Kier molecular flexibility index (Phi) is 4.72. The number of nitrogens with zero attached hydrogens (tertiary/aromatic N) is 1. The maximum atomic E-state index is 12.8. The zero-order valence-electron chi connectivity index (χ0n) is 11.9. The second kappa shape index (κ2) is 6.04. The molecule has 1 saturated carbocycles. The minimum atomic E-state index is -4.09. The van der Waals surface area contributed by atoms with Crippen LogP contribution in [-0.2, 0) is 20.0 Å². The van der Waals surface area contributed by atoms with Crippen molar-refractivity contribution in [2.45, 2.75) is 48.4 Å². The van der Waals surface area contributed by atoms with E-state index in [1.54, 1.807) is 6.92 Å². The molecule has 21 heavy (non-hydrogen) atoms. The Morgan fingerprint density at radius 2 is 1.62 bits per heavy atom. The molecule has 6 nitrogen and oxygen atoms in total. The predicted octanol–water partition coefficient (Wildman–Crippen LogP) is 1.29. The fraction of sp³-hybridized carbons (Fsp3) is 0.538. The Labute approximate surface area is 126 Å². The molecule has 0 heterocycles. The largest absolute Gasteiger partial charge is 0.244 e. The maximum Gasteiger partial charge on any atom is 0.244 e. The topological polar surface area (TPSA) is 97.5 Å². The second-order valence-electron chi connectivity index (χ2n) is 5.14. The van der Waals surface area contributed by atoms with Gasteiger partial charge in [0.05, 0.1) is 0 Å². The summed E-state index contributed by atoms with van der Waals surface area (Å²) in [4.78, 5) is -0.581. The van der Waals surface area contributed by atoms with Crippen molar-refractivity contribution < 1.29 is 16.8 Å². The summed E-state index contributed by atoms with van der Waals surface area (Å²) in [5.74, 6) is 0. The second-order valence-corrected chi connectivity index (χ2v) is 8.53. The third kappa shape index (κ3) is 3.28. The summed E-state index contributed by atoms with van der Waals surface area (Å²) in [7, 11) is -7.96. The van der Waals surface area contributed by atoms with E-state index in [1.807, 2.05) is 0 Å². The SMILES string of the molecule is CCN(C1CCCC1)S(=O)(=O)c1ccccc1S(N)(=O)=O. The van der Waals surface area contributed by atoms with Crippen molar-refractivity contribution in [3.8, 4) is 0 Å². The molecule has 8 heteroatoms. The van der Waals surface area contributed by atoms with Crippen LogP contribution in [0.2, 0.25) is 0 Å². The van der Waals surface area contributed by atoms with Crippen LogP contribution in [-0.4, -0.2) is 33.7 Å². The van der Waals surface area contributed by atoms with Crippen molar-refractivity contribution in [2.75, 3.05) is 6.54 Å². The van der Waals surface area contributed by atoms with E-state index >= 15 is 0 Å². The lowest BCUT2D eigenvalue weighted by Gasteiger charge is -2.27. The van der Waals surface area contributed by atoms with Crippen LogP contribution in [0, 0.1) is 0 Å². The highest BCUT2D eigenvalue weighted by Crippen LogP contribution is 2.30. The predicted molar refractivity (Wildman–Crippen MR) is 79.6 cm³/mol. The van der Waals surface area contributed by atoms with Crippen LogP contribution in [0.3, 0.4) is 0 Å². The molecule has 1 aromatic rings. The van der Waals surface area contributed by atoms with Crippen LogP contribution in [0.15, 0.2) is 34.1 Å². The van der Waals surface area contributed by atoms with E-state index < -0.39 is 20.0 Å². The van der Waals surface area contributed by atoms with Crippen LogP contribution >= 0.6 is 0 Å². The van der Waals surface area contributed by atoms with Gasteiger partial charge in [-0.15, -0.1) is 0 Å². The van der Waals surface area contributed by atoms with Crippen LogP contribution in [0.1, 0.15) is 32.6 Å². The number of sulfonamides is 2. The maximum absolute atomic E-state index is 12.8. The number of benzene rings is 1. The summed E-state index contributed by atoms with van der Waals surface area (Å²) in [5, 5.41) is 5.14. The molecule has 0 spiro atoms. The molecule has 0 radical (unpaired) electrons. The molecule has 0 aliphatic heterocycles. The van der Waals surface area contributed by atoms with E-state index in [2.05, 4.69) is 0 Å². The molecule has 1 aliphatic rings. The molecule has 1 aliphatic carbocycles. The van der Waals surface area contributed by atoms with Gasteiger partial charge in [-0.05, 0) is 25.0 Å². The summed E-state index contributed by atoms with van der Waals surface area (Å²) < 4.78 is 50.3. The van der Waals surface area contributed by atoms with E-state index in [-0.39, 0.29) is 15.8 Å². The molecule has 1 fully saturated rings. The standard InChI is InChI=1S/C13H20N2O4S2/c1-2-15(11-7-3-4-8-11)21(18,19)13-10-6-5-9-12(13)20(14,16)17/h5-6,9-11H,2-4,7-8H2,1H3,(H2,14,16,17). The first-order valence-electron chi connectivity index (χ1n) is 6.92. The van der Waals surface area contributed by atoms with Gasteiger partial charge in [0.25, 0.3) is 0 Å². The van der Waals surface area contributed by atoms with E-state index in [0.29, 0.717) is 6.54 Å². The van der Waals surface area contributed by atoms with Crippen molar-refractivity contribution in [3.05, 3.63) is 24.3 Å². The van der Waals surface area contributed by atoms with Gasteiger partial charge in [-0.3, -0.25) is 0 Å². The first-order valence-corrected chi connectivity index (χ1v) is 9.90. The number of nitrogens with two attached hydrogens (primary N) is 1. The fourth-order valence-electron chi connectivity index (χ4n) is 2.84. The monoisotopic (exact) mass is 332 g/mol. The van der Waals surface area contributed by atoms with Crippen molar-refractivity contribution in [2.24, 2.45) is 5.14 Å². The van der Waals surface area contributed by atoms with Gasteiger partial charge in [-0.2, -0.15) is 4.31 Å².